The Morgan fingerprint density at radius 2 is 2.25 bits per heavy atom. The average molecular weight is 325 g/mol. The Balaban J connectivity index is 1.64. The van der Waals surface area contributed by atoms with Crippen LogP contribution >= 0.6 is 0 Å². The summed E-state index contributed by atoms with van der Waals surface area (Å²) in [4.78, 5) is 16.5. The molecule has 0 saturated carbocycles. The van der Waals surface area contributed by atoms with Crippen molar-refractivity contribution in [2.45, 2.75) is 25.5 Å². The number of amides is 1. The number of rotatable bonds is 4. The minimum atomic E-state index is -0.116. The Labute approximate surface area is 139 Å². The summed E-state index contributed by atoms with van der Waals surface area (Å²) < 4.78 is 5.43. The van der Waals surface area contributed by atoms with Crippen molar-refractivity contribution in [3.05, 3.63) is 52.7 Å². The number of hydrogen-bond donors (Lipinski definition) is 3. The maximum absolute atomic E-state index is 12.0. The number of fused-ring (bicyclic) bond motifs is 1. The van der Waals surface area contributed by atoms with E-state index in [1.807, 2.05) is 30.3 Å². The van der Waals surface area contributed by atoms with Crippen LogP contribution in [0.3, 0.4) is 0 Å². The van der Waals surface area contributed by atoms with Crippen LogP contribution in [0.1, 0.15) is 39.5 Å². The molecule has 0 bridgehead atoms. The molecule has 1 fully saturated rings. The lowest BCUT2D eigenvalue weighted by Crippen LogP contribution is -2.14. The van der Waals surface area contributed by atoms with E-state index < -0.39 is 0 Å². The summed E-state index contributed by atoms with van der Waals surface area (Å²) in [6.07, 6.45) is 0.952. The van der Waals surface area contributed by atoms with Gasteiger partial charge in [-0.25, -0.2) is 4.98 Å². The largest absolute Gasteiger partial charge is 0.390 e. The molecule has 0 aliphatic carbocycles. The summed E-state index contributed by atoms with van der Waals surface area (Å²) in [5.74, 6) is 0.838. The van der Waals surface area contributed by atoms with Crippen molar-refractivity contribution < 1.29 is 14.6 Å². The number of benzene rings is 1. The number of nitrogens with one attached hydrogen (secondary N) is 2. The van der Waals surface area contributed by atoms with Crippen LogP contribution in [0.2, 0.25) is 0 Å². The van der Waals surface area contributed by atoms with Gasteiger partial charge in [-0.15, -0.1) is 0 Å². The summed E-state index contributed by atoms with van der Waals surface area (Å²) >= 11 is 0. The molecular formula is C18H19N3O3. The highest BCUT2D eigenvalue weighted by Gasteiger charge is 2.24. The number of ether oxygens (including phenoxy) is 1. The first kappa shape index (κ1) is 15.1. The maximum Gasteiger partial charge on any atom is 0.254 e. The lowest BCUT2D eigenvalue weighted by molar-refractivity contribution is 0.0966. The second kappa shape index (κ2) is 6.22. The quantitative estimate of drug-likeness (QED) is 0.801. The van der Waals surface area contributed by atoms with Gasteiger partial charge in [-0.05, 0) is 29.7 Å². The summed E-state index contributed by atoms with van der Waals surface area (Å²) in [6.45, 7) is 1.86. The monoisotopic (exact) mass is 325 g/mol. The number of pyridine rings is 1. The predicted molar refractivity (Wildman–Crippen MR) is 89.2 cm³/mol. The molecule has 6 nitrogen and oxygen atoms in total. The minimum Gasteiger partial charge on any atom is -0.390 e. The molecule has 0 radical (unpaired) electrons. The molecule has 24 heavy (non-hydrogen) atoms. The second-order valence-corrected chi connectivity index (χ2v) is 6.10. The molecule has 3 N–H and O–H groups in total. The Hall–Kier alpha value is -2.44. The van der Waals surface area contributed by atoms with E-state index in [2.05, 4.69) is 15.6 Å². The smallest absolute Gasteiger partial charge is 0.254 e. The zero-order valence-electron chi connectivity index (χ0n) is 13.2. The van der Waals surface area contributed by atoms with E-state index in [4.69, 9.17) is 4.74 Å². The molecule has 0 spiro atoms. The molecule has 2 aliphatic rings. The van der Waals surface area contributed by atoms with E-state index >= 15 is 0 Å². The van der Waals surface area contributed by atoms with Gasteiger partial charge in [-0.1, -0.05) is 18.2 Å². The van der Waals surface area contributed by atoms with Crippen molar-refractivity contribution in [1.82, 2.24) is 10.3 Å². The van der Waals surface area contributed by atoms with Crippen LogP contribution in [-0.2, 0) is 17.9 Å². The number of aliphatic hydroxyl groups excluding tert-OH is 1. The highest BCUT2D eigenvalue weighted by Crippen LogP contribution is 2.30. The van der Waals surface area contributed by atoms with Gasteiger partial charge in [0.25, 0.3) is 5.91 Å². The van der Waals surface area contributed by atoms with Crippen LogP contribution in [0.15, 0.2) is 30.3 Å². The van der Waals surface area contributed by atoms with Crippen molar-refractivity contribution in [2.24, 2.45) is 0 Å². The standard InChI is InChI=1S/C18H19N3O3/c22-9-15-13(12-6-7-24-10-12)4-5-16(21-15)20-14-3-1-2-11-8-19-18(23)17(11)14/h1-5,12,22H,6-10H2,(H,19,23)(H,20,21). The predicted octanol–water partition coefficient (Wildman–Crippen LogP) is 2.06. The number of anilines is 2. The number of carbonyl (C=O) groups excluding carboxylic acids is 1. The van der Waals surface area contributed by atoms with Gasteiger partial charge in [0.1, 0.15) is 5.82 Å². The van der Waals surface area contributed by atoms with Gasteiger partial charge >= 0.3 is 0 Å². The summed E-state index contributed by atoms with van der Waals surface area (Å²) in [5, 5.41) is 15.7. The third kappa shape index (κ3) is 2.64. The van der Waals surface area contributed by atoms with E-state index in [0.717, 1.165) is 29.8 Å². The zero-order valence-corrected chi connectivity index (χ0v) is 13.2. The van der Waals surface area contributed by atoms with Gasteiger partial charge in [0.05, 0.1) is 30.2 Å². The van der Waals surface area contributed by atoms with Crippen molar-refractivity contribution in [2.75, 3.05) is 18.5 Å². The summed E-state index contributed by atoms with van der Waals surface area (Å²) in [7, 11) is 0. The number of aromatic nitrogens is 1. The molecule has 4 rings (SSSR count). The molecule has 2 aromatic rings. The van der Waals surface area contributed by atoms with Crippen LogP contribution in [0.5, 0.6) is 0 Å². The number of carbonyl (C=O) groups is 1. The first-order valence-corrected chi connectivity index (χ1v) is 8.12. The first-order chi connectivity index (χ1) is 11.8. The van der Waals surface area contributed by atoms with Crippen molar-refractivity contribution in [3.8, 4) is 0 Å². The lowest BCUT2D eigenvalue weighted by atomic mass is 9.97. The Kier molecular flexibility index (Phi) is 3.92. The van der Waals surface area contributed by atoms with Crippen LogP contribution in [0.4, 0.5) is 11.5 Å². The van der Waals surface area contributed by atoms with Gasteiger partial charge in [-0.2, -0.15) is 0 Å². The normalized spacial score (nSPS) is 19.2. The number of hydrogen-bond acceptors (Lipinski definition) is 5. The minimum absolute atomic E-state index is 0.0739. The Morgan fingerprint density at radius 1 is 1.33 bits per heavy atom. The highest BCUT2D eigenvalue weighted by molar-refractivity contribution is 6.03. The molecule has 3 heterocycles. The molecule has 1 aromatic heterocycles. The van der Waals surface area contributed by atoms with Gasteiger partial charge in [0, 0.05) is 19.1 Å². The highest BCUT2D eigenvalue weighted by atomic mass is 16.5. The second-order valence-electron chi connectivity index (χ2n) is 6.10. The fourth-order valence-corrected chi connectivity index (χ4v) is 3.38. The fraction of sp³-hybridized carbons (Fsp3) is 0.333. The summed E-state index contributed by atoms with van der Waals surface area (Å²) in [5.41, 5.74) is 4.07. The maximum atomic E-state index is 12.0. The van der Waals surface area contributed by atoms with E-state index in [0.29, 0.717) is 36.1 Å². The molecule has 1 unspecified atom stereocenters. The molecule has 1 aromatic carbocycles. The van der Waals surface area contributed by atoms with Crippen LogP contribution in [0.25, 0.3) is 0 Å². The molecule has 1 amide bonds. The van der Waals surface area contributed by atoms with Gasteiger partial charge in [0.15, 0.2) is 0 Å². The van der Waals surface area contributed by atoms with E-state index in [1.54, 1.807) is 0 Å². The van der Waals surface area contributed by atoms with Crippen LogP contribution in [-0.4, -0.2) is 29.2 Å². The van der Waals surface area contributed by atoms with Crippen LogP contribution in [0, 0.1) is 0 Å². The van der Waals surface area contributed by atoms with E-state index in [1.165, 1.54) is 0 Å². The number of nitrogens with zero attached hydrogens (tertiary/aromatic N) is 1. The topological polar surface area (TPSA) is 83.5 Å². The molecule has 124 valence electrons. The third-order valence-electron chi connectivity index (χ3n) is 4.61. The lowest BCUT2D eigenvalue weighted by Gasteiger charge is -2.15. The van der Waals surface area contributed by atoms with Gasteiger partial charge < -0.3 is 20.5 Å². The van der Waals surface area contributed by atoms with Gasteiger partial charge in [-0.3, -0.25) is 4.79 Å². The van der Waals surface area contributed by atoms with Crippen molar-refractivity contribution in [1.29, 1.82) is 0 Å². The van der Waals surface area contributed by atoms with E-state index in [9.17, 15) is 9.90 Å². The number of aliphatic hydroxyl groups is 1. The molecule has 6 heteroatoms. The van der Waals surface area contributed by atoms with Crippen LogP contribution < -0.4 is 10.6 Å². The zero-order chi connectivity index (χ0) is 16.5. The molecule has 2 aliphatic heterocycles. The van der Waals surface area contributed by atoms with E-state index in [-0.39, 0.29) is 12.5 Å². The van der Waals surface area contributed by atoms with Gasteiger partial charge in [0.2, 0.25) is 0 Å². The molecule has 1 atom stereocenters. The first-order valence-electron chi connectivity index (χ1n) is 8.12. The van der Waals surface area contributed by atoms with Crippen molar-refractivity contribution in [3.63, 3.8) is 0 Å². The fourth-order valence-electron chi connectivity index (χ4n) is 3.38. The Bertz CT molecular complexity index is 785. The average Bonchev–Trinajstić information content (AvgIpc) is 3.26. The SMILES string of the molecule is O=C1NCc2cccc(Nc3ccc(C4CCOC4)c(CO)n3)c21. The van der Waals surface area contributed by atoms with Crippen molar-refractivity contribution >= 4 is 17.4 Å². The molecule has 1 saturated heterocycles. The third-order valence-corrected chi connectivity index (χ3v) is 4.61. The summed E-state index contributed by atoms with van der Waals surface area (Å²) in [6, 6.07) is 9.60. The Morgan fingerprint density at radius 3 is 3.04 bits per heavy atom. The molecular weight excluding hydrogens is 306 g/mol.